The summed E-state index contributed by atoms with van der Waals surface area (Å²) >= 11 is 0. The molecule has 0 aliphatic rings. The van der Waals surface area contributed by atoms with Crippen LogP contribution in [0.2, 0.25) is 0 Å². The van der Waals surface area contributed by atoms with E-state index in [2.05, 4.69) is 10.3 Å². The van der Waals surface area contributed by atoms with Crippen molar-refractivity contribution < 1.29 is 4.79 Å². The van der Waals surface area contributed by atoms with Crippen LogP contribution in [0, 0.1) is 0 Å². The van der Waals surface area contributed by atoms with Crippen LogP contribution in [0.1, 0.15) is 5.69 Å². The van der Waals surface area contributed by atoms with Gasteiger partial charge in [-0.05, 0) is 18.2 Å². The first-order valence-corrected chi connectivity index (χ1v) is 4.62. The van der Waals surface area contributed by atoms with Gasteiger partial charge in [0.1, 0.15) is 0 Å². The smallest absolute Gasteiger partial charge is 0.211 e. The molecule has 0 unspecified atom stereocenters. The van der Waals surface area contributed by atoms with E-state index >= 15 is 0 Å². The summed E-state index contributed by atoms with van der Waals surface area (Å²) in [5.41, 5.74) is 1.77. The number of hydrogen-bond acceptors (Lipinski definition) is 2. The molecule has 15 heavy (non-hydrogen) atoms. The predicted octanol–water partition coefficient (Wildman–Crippen LogP) is 1.95. The molecule has 0 spiro atoms. The number of nitrogens with one attached hydrogen (secondary N) is 1. The number of amides is 1. The van der Waals surface area contributed by atoms with Crippen LogP contribution in [0.4, 0.5) is 0 Å². The Bertz CT molecular complexity index is 506. The third kappa shape index (κ3) is 2.20. The largest absolute Gasteiger partial charge is 0.335 e. The number of nitrogens with zero attached hydrogens (tertiary/aromatic N) is 1. The van der Waals surface area contributed by atoms with E-state index in [1.54, 1.807) is 12.3 Å². The average Bonchev–Trinajstić information content (AvgIpc) is 2.29. The minimum Gasteiger partial charge on any atom is -0.335 e. The van der Waals surface area contributed by atoms with E-state index in [1.807, 2.05) is 36.4 Å². The highest BCUT2D eigenvalue weighted by molar-refractivity contribution is 5.79. The Morgan fingerprint density at radius 2 is 2.00 bits per heavy atom. The SMILES string of the molecule is O=CNC=Cc1ccc2ccccc2n1. The number of rotatable bonds is 3. The molecule has 1 amide bonds. The molecular formula is C12H10N2O. The third-order valence-corrected chi connectivity index (χ3v) is 2.04. The molecule has 0 saturated heterocycles. The number of fused-ring (bicyclic) bond motifs is 1. The second kappa shape index (κ2) is 4.37. The lowest BCUT2D eigenvalue weighted by molar-refractivity contribution is -0.108. The average molecular weight is 198 g/mol. The topological polar surface area (TPSA) is 42.0 Å². The Morgan fingerprint density at radius 3 is 2.87 bits per heavy atom. The fourth-order valence-electron chi connectivity index (χ4n) is 1.35. The molecule has 2 aromatic rings. The summed E-state index contributed by atoms with van der Waals surface area (Å²) in [6.45, 7) is 0. The zero-order valence-electron chi connectivity index (χ0n) is 8.05. The molecule has 0 bridgehead atoms. The molecular weight excluding hydrogens is 188 g/mol. The Labute approximate surface area is 87.4 Å². The maximum Gasteiger partial charge on any atom is 0.211 e. The van der Waals surface area contributed by atoms with E-state index in [0.717, 1.165) is 16.6 Å². The van der Waals surface area contributed by atoms with Gasteiger partial charge in [0.15, 0.2) is 0 Å². The predicted molar refractivity (Wildman–Crippen MR) is 60.0 cm³/mol. The van der Waals surface area contributed by atoms with Gasteiger partial charge >= 0.3 is 0 Å². The highest BCUT2D eigenvalue weighted by Gasteiger charge is 1.93. The molecule has 0 aliphatic heterocycles. The Hall–Kier alpha value is -2.16. The fraction of sp³-hybridized carbons (Fsp3) is 0. The lowest BCUT2D eigenvalue weighted by Gasteiger charge is -1.97. The van der Waals surface area contributed by atoms with Crippen molar-refractivity contribution in [2.24, 2.45) is 0 Å². The molecule has 1 aromatic carbocycles. The normalized spacial score (nSPS) is 10.7. The number of hydrogen-bond donors (Lipinski definition) is 1. The quantitative estimate of drug-likeness (QED) is 0.766. The van der Waals surface area contributed by atoms with Crippen LogP contribution < -0.4 is 5.32 Å². The monoisotopic (exact) mass is 198 g/mol. The number of carbonyl (C=O) groups is 1. The molecule has 0 fully saturated rings. The van der Waals surface area contributed by atoms with Gasteiger partial charge in [-0.1, -0.05) is 24.3 Å². The van der Waals surface area contributed by atoms with Crippen molar-refractivity contribution in [2.75, 3.05) is 0 Å². The lowest BCUT2D eigenvalue weighted by Crippen LogP contribution is -1.98. The summed E-state index contributed by atoms with van der Waals surface area (Å²) in [6, 6.07) is 11.8. The van der Waals surface area contributed by atoms with E-state index in [0.29, 0.717) is 6.41 Å². The third-order valence-electron chi connectivity index (χ3n) is 2.04. The summed E-state index contributed by atoms with van der Waals surface area (Å²) in [5, 5.41) is 3.55. The van der Waals surface area contributed by atoms with Gasteiger partial charge in [0.25, 0.3) is 0 Å². The van der Waals surface area contributed by atoms with Gasteiger partial charge in [0, 0.05) is 11.6 Å². The zero-order valence-corrected chi connectivity index (χ0v) is 8.05. The van der Waals surface area contributed by atoms with Crippen LogP contribution in [-0.4, -0.2) is 11.4 Å². The minimum absolute atomic E-state index is 0.623. The minimum atomic E-state index is 0.623. The maximum absolute atomic E-state index is 10.0. The molecule has 1 heterocycles. The van der Waals surface area contributed by atoms with Crippen molar-refractivity contribution in [1.82, 2.24) is 10.3 Å². The van der Waals surface area contributed by atoms with Crippen LogP contribution in [0.3, 0.4) is 0 Å². The van der Waals surface area contributed by atoms with Crippen molar-refractivity contribution in [1.29, 1.82) is 0 Å². The van der Waals surface area contributed by atoms with E-state index in [1.165, 1.54) is 0 Å². The van der Waals surface area contributed by atoms with Gasteiger partial charge in [0.05, 0.1) is 11.2 Å². The summed E-state index contributed by atoms with van der Waals surface area (Å²) < 4.78 is 0. The standard InChI is InChI=1S/C12H10N2O/c15-9-13-8-7-11-6-5-10-3-1-2-4-12(10)14-11/h1-9H,(H,13,15). The van der Waals surface area contributed by atoms with Gasteiger partial charge < -0.3 is 5.32 Å². The van der Waals surface area contributed by atoms with E-state index in [9.17, 15) is 4.79 Å². The van der Waals surface area contributed by atoms with Crippen LogP contribution in [0.15, 0.2) is 42.6 Å². The van der Waals surface area contributed by atoms with E-state index in [4.69, 9.17) is 0 Å². The van der Waals surface area contributed by atoms with Crippen molar-refractivity contribution in [3.8, 4) is 0 Å². The van der Waals surface area contributed by atoms with Gasteiger partial charge in [-0.3, -0.25) is 4.79 Å². The molecule has 3 nitrogen and oxygen atoms in total. The van der Waals surface area contributed by atoms with Gasteiger partial charge in [-0.2, -0.15) is 0 Å². The summed E-state index contributed by atoms with van der Waals surface area (Å²) in [5.74, 6) is 0. The highest BCUT2D eigenvalue weighted by atomic mass is 16.1. The van der Waals surface area contributed by atoms with Crippen molar-refractivity contribution in [3.63, 3.8) is 0 Å². The van der Waals surface area contributed by atoms with Crippen molar-refractivity contribution in [3.05, 3.63) is 48.3 Å². The first-order chi connectivity index (χ1) is 7.40. The van der Waals surface area contributed by atoms with E-state index in [-0.39, 0.29) is 0 Å². The molecule has 3 heteroatoms. The number of pyridine rings is 1. The number of carbonyl (C=O) groups excluding carboxylic acids is 1. The molecule has 2 rings (SSSR count). The summed E-state index contributed by atoms with van der Waals surface area (Å²) in [4.78, 5) is 14.4. The van der Waals surface area contributed by atoms with E-state index < -0.39 is 0 Å². The van der Waals surface area contributed by atoms with Crippen molar-refractivity contribution in [2.45, 2.75) is 0 Å². The highest BCUT2D eigenvalue weighted by Crippen LogP contribution is 2.12. The molecule has 0 atom stereocenters. The maximum atomic E-state index is 10.0. The lowest BCUT2D eigenvalue weighted by atomic mass is 10.2. The Morgan fingerprint density at radius 1 is 1.13 bits per heavy atom. The zero-order chi connectivity index (χ0) is 10.5. The van der Waals surface area contributed by atoms with Gasteiger partial charge in [0.2, 0.25) is 6.41 Å². The molecule has 0 radical (unpaired) electrons. The number of benzene rings is 1. The fourth-order valence-corrected chi connectivity index (χ4v) is 1.35. The molecule has 1 N–H and O–H groups in total. The Kier molecular flexibility index (Phi) is 2.74. The van der Waals surface area contributed by atoms with Gasteiger partial charge in [-0.15, -0.1) is 0 Å². The molecule has 0 saturated carbocycles. The second-order valence-electron chi connectivity index (χ2n) is 3.05. The van der Waals surface area contributed by atoms with Crippen LogP contribution >= 0.6 is 0 Å². The molecule has 74 valence electrons. The molecule has 1 aromatic heterocycles. The number of aromatic nitrogens is 1. The first-order valence-electron chi connectivity index (χ1n) is 4.62. The first kappa shape index (κ1) is 9.40. The molecule has 0 aliphatic carbocycles. The van der Waals surface area contributed by atoms with Crippen LogP contribution in [-0.2, 0) is 4.79 Å². The summed E-state index contributed by atoms with van der Waals surface area (Å²) in [7, 11) is 0. The van der Waals surface area contributed by atoms with Crippen LogP contribution in [0.5, 0.6) is 0 Å². The Balaban J connectivity index is 2.34. The van der Waals surface area contributed by atoms with Crippen LogP contribution in [0.25, 0.3) is 17.0 Å². The second-order valence-corrected chi connectivity index (χ2v) is 3.05. The van der Waals surface area contributed by atoms with Gasteiger partial charge in [-0.25, -0.2) is 4.98 Å². The number of para-hydroxylation sites is 1. The summed E-state index contributed by atoms with van der Waals surface area (Å²) in [6.07, 6.45) is 3.93. The van der Waals surface area contributed by atoms with Crippen molar-refractivity contribution >= 4 is 23.4 Å².